The van der Waals surface area contributed by atoms with Crippen molar-refractivity contribution in [3.8, 4) is 0 Å². The first-order valence-corrected chi connectivity index (χ1v) is 6.62. The minimum atomic E-state index is -3.53. The zero-order chi connectivity index (χ0) is 11.8. The van der Waals surface area contributed by atoms with E-state index >= 15 is 0 Å². The number of nitrogens with one attached hydrogen (secondary N) is 1. The number of imidazole rings is 1. The Kier molecular flexibility index (Phi) is 3.00. The van der Waals surface area contributed by atoms with Crippen LogP contribution in [0.4, 0.5) is 0 Å². The summed E-state index contributed by atoms with van der Waals surface area (Å²) in [7, 11) is -3.53. The van der Waals surface area contributed by atoms with Crippen LogP contribution in [0.2, 0.25) is 0 Å². The van der Waals surface area contributed by atoms with Crippen LogP contribution in [0.15, 0.2) is 17.6 Å². The molecule has 0 aromatic carbocycles. The van der Waals surface area contributed by atoms with E-state index in [0.717, 1.165) is 6.42 Å². The van der Waals surface area contributed by atoms with Gasteiger partial charge in [0.05, 0.1) is 25.2 Å². The Bertz CT molecular complexity index is 443. The lowest BCUT2D eigenvalue weighted by molar-refractivity contribution is 0.191. The van der Waals surface area contributed by atoms with Gasteiger partial charge in [0.2, 0.25) is 0 Å². The number of hydrogen-bond acceptors (Lipinski definition) is 4. The maximum Gasteiger partial charge on any atom is 0.260 e. The molecule has 0 aliphatic carbocycles. The SMILES string of the molecule is CC1CCN(S(=O)(=O)c2cnc[nH]2)C1CO. The van der Waals surface area contributed by atoms with Gasteiger partial charge in [-0.2, -0.15) is 4.31 Å². The lowest BCUT2D eigenvalue weighted by Crippen LogP contribution is -2.39. The average Bonchev–Trinajstić information content (AvgIpc) is 2.85. The number of hydrogen-bond donors (Lipinski definition) is 2. The third kappa shape index (κ3) is 1.74. The van der Waals surface area contributed by atoms with Crippen molar-refractivity contribution in [3.63, 3.8) is 0 Å². The molecule has 0 spiro atoms. The molecule has 1 fully saturated rings. The topological polar surface area (TPSA) is 86.3 Å². The summed E-state index contributed by atoms with van der Waals surface area (Å²) >= 11 is 0. The quantitative estimate of drug-likeness (QED) is 0.772. The minimum absolute atomic E-state index is 0.0834. The molecule has 6 nitrogen and oxygen atoms in total. The van der Waals surface area contributed by atoms with Crippen molar-refractivity contribution in [1.82, 2.24) is 14.3 Å². The lowest BCUT2D eigenvalue weighted by Gasteiger charge is -2.23. The second-order valence-electron chi connectivity index (χ2n) is 4.05. The van der Waals surface area contributed by atoms with Gasteiger partial charge in [-0.3, -0.25) is 0 Å². The Hall–Kier alpha value is -0.920. The number of aromatic nitrogens is 2. The van der Waals surface area contributed by atoms with Crippen molar-refractivity contribution in [2.24, 2.45) is 5.92 Å². The summed E-state index contributed by atoms with van der Waals surface area (Å²) in [4.78, 5) is 6.30. The molecule has 1 aromatic rings. The number of sulfonamides is 1. The van der Waals surface area contributed by atoms with Gasteiger partial charge in [0.15, 0.2) is 5.03 Å². The first-order chi connectivity index (χ1) is 7.57. The normalized spacial score (nSPS) is 27.4. The average molecular weight is 245 g/mol. The first kappa shape index (κ1) is 11.6. The van der Waals surface area contributed by atoms with Gasteiger partial charge >= 0.3 is 0 Å². The first-order valence-electron chi connectivity index (χ1n) is 5.18. The largest absolute Gasteiger partial charge is 0.395 e. The number of aliphatic hydroxyl groups excluding tert-OH is 1. The summed E-state index contributed by atoms with van der Waals surface area (Å²) in [6.07, 6.45) is 3.39. The Labute approximate surface area is 94.4 Å². The van der Waals surface area contributed by atoms with Gasteiger partial charge in [0.1, 0.15) is 0 Å². The van der Waals surface area contributed by atoms with Gasteiger partial charge in [-0.05, 0) is 12.3 Å². The van der Waals surface area contributed by atoms with E-state index in [4.69, 9.17) is 0 Å². The fourth-order valence-corrected chi connectivity index (χ4v) is 3.68. The molecule has 2 unspecified atom stereocenters. The molecule has 2 N–H and O–H groups in total. The van der Waals surface area contributed by atoms with Crippen LogP contribution in [0.1, 0.15) is 13.3 Å². The van der Waals surface area contributed by atoms with Crippen LogP contribution in [-0.4, -0.2) is 47.0 Å². The fraction of sp³-hybridized carbons (Fsp3) is 0.667. The minimum Gasteiger partial charge on any atom is -0.395 e. The molecule has 1 aliphatic heterocycles. The molecule has 90 valence electrons. The molecule has 1 aliphatic rings. The third-order valence-electron chi connectivity index (χ3n) is 3.08. The molecule has 0 amide bonds. The second-order valence-corrected chi connectivity index (χ2v) is 5.91. The number of aliphatic hydroxyl groups is 1. The maximum atomic E-state index is 12.2. The van der Waals surface area contributed by atoms with Crippen molar-refractivity contribution in [2.45, 2.75) is 24.4 Å². The molecule has 0 bridgehead atoms. The van der Waals surface area contributed by atoms with E-state index in [1.165, 1.54) is 16.8 Å². The van der Waals surface area contributed by atoms with E-state index < -0.39 is 10.0 Å². The summed E-state index contributed by atoms with van der Waals surface area (Å²) in [5.41, 5.74) is 0. The maximum absolute atomic E-state index is 12.2. The summed E-state index contributed by atoms with van der Waals surface area (Å²) < 4.78 is 25.7. The van der Waals surface area contributed by atoms with E-state index in [2.05, 4.69) is 9.97 Å². The Balaban J connectivity index is 2.32. The highest BCUT2D eigenvalue weighted by molar-refractivity contribution is 7.89. The van der Waals surface area contributed by atoms with Crippen molar-refractivity contribution in [2.75, 3.05) is 13.2 Å². The molecule has 0 radical (unpaired) electrons. The monoisotopic (exact) mass is 245 g/mol. The van der Waals surface area contributed by atoms with Crippen LogP contribution >= 0.6 is 0 Å². The van der Waals surface area contributed by atoms with Crippen LogP contribution in [0.5, 0.6) is 0 Å². The van der Waals surface area contributed by atoms with Gasteiger partial charge < -0.3 is 10.1 Å². The van der Waals surface area contributed by atoms with E-state index in [-0.39, 0.29) is 23.6 Å². The predicted octanol–water partition coefficient (Wildman–Crippen LogP) is -0.199. The van der Waals surface area contributed by atoms with Crippen LogP contribution in [0.3, 0.4) is 0 Å². The number of nitrogens with zero attached hydrogens (tertiary/aromatic N) is 2. The molecule has 7 heteroatoms. The Morgan fingerprint density at radius 2 is 2.44 bits per heavy atom. The van der Waals surface area contributed by atoms with Gasteiger partial charge in [0.25, 0.3) is 10.0 Å². The van der Waals surface area contributed by atoms with E-state index in [9.17, 15) is 13.5 Å². The van der Waals surface area contributed by atoms with Gasteiger partial charge in [-0.15, -0.1) is 0 Å². The standard InChI is InChI=1S/C9H15N3O3S/c1-7-2-3-12(8(7)5-13)16(14,15)9-4-10-6-11-9/h4,6-8,13H,2-3,5H2,1H3,(H,10,11). The van der Waals surface area contributed by atoms with E-state index in [1.807, 2.05) is 6.92 Å². The van der Waals surface area contributed by atoms with Crippen molar-refractivity contribution in [3.05, 3.63) is 12.5 Å². The highest BCUT2D eigenvalue weighted by atomic mass is 32.2. The van der Waals surface area contributed by atoms with Crippen LogP contribution in [0, 0.1) is 5.92 Å². The molecule has 1 saturated heterocycles. The molecular formula is C9H15N3O3S. The molecule has 1 aromatic heterocycles. The smallest absolute Gasteiger partial charge is 0.260 e. The predicted molar refractivity (Wildman–Crippen MR) is 57.1 cm³/mol. The molecule has 2 rings (SSSR count). The Morgan fingerprint density at radius 1 is 1.69 bits per heavy atom. The lowest BCUT2D eigenvalue weighted by atomic mass is 10.0. The number of rotatable bonds is 3. The number of aromatic amines is 1. The van der Waals surface area contributed by atoms with Gasteiger partial charge in [0, 0.05) is 6.54 Å². The molecule has 2 atom stereocenters. The highest BCUT2D eigenvalue weighted by Crippen LogP contribution is 2.28. The third-order valence-corrected chi connectivity index (χ3v) is 4.93. The van der Waals surface area contributed by atoms with Crippen molar-refractivity contribution >= 4 is 10.0 Å². The summed E-state index contributed by atoms with van der Waals surface area (Å²) in [6.45, 7) is 2.26. The summed E-state index contributed by atoms with van der Waals surface area (Å²) in [5.74, 6) is 0.183. The highest BCUT2D eigenvalue weighted by Gasteiger charge is 2.39. The van der Waals surface area contributed by atoms with Crippen molar-refractivity contribution in [1.29, 1.82) is 0 Å². The van der Waals surface area contributed by atoms with Crippen LogP contribution < -0.4 is 0 Å². The van der Waals surface area contributed by atoms with Crippen LogP contribution in [-0.2, 0) is 10.0 Å². The van der Waals surface area contributed by atoms with E-state index in [0.29, 0.717) is 6.54 Å². The second kappa shape index (κ2) is 4.15. The van der Waals surface area contributed by atoms with Crippen LogP contribution in [0.25, 0.3) is 0 Å². The van der Waals surface area contributed by atoms with E-state index in [1.54, 1.807) is 0 Å². The zero-order valence-corrected chi connectivity index (χ0v) is 9.81. The van der Waals surface area contributed by atoms with Crippen molar-refractivity contribution < 1.29 is 13.5 Å². The summed E-state index contributed by atoms with van der Waals surface area (Å²) in [5, 5.41) is 9.32. The Morgan fingerprint density at radius 3 is 3.00 bits per heavy atom. The molecule has 16 heavy (non-hydrogen) atoms. The molecule has 2 heterocycles. The number of H-pyrrole nitrogens is 1. The molecule has 0 saturated carbocycles. The summed E-state index contributed by atoms with van der Waals surface area (Å²) in [6, 6.07) is -0.326. The van der Waals surface area contributed by atoms with Gasteiger partial charge in [-0.1, -0.05) is 6.92 Å². The van der Waals surface area contributed by atoms with Gasteiger partial charge in [-0.25, -0.2) is 13.4 Å². The fourth-order valence-electron chi connectivity index (χ4n) is 2.05. The zero-order valence-electron chi connectivity index (χ0n) is 9.00. The molecular weight excluding hydrogens is 230 g/mol.